The molecule has 0 unspecified atom stereocenters. The first-order valence-corrected chi connectivity index (χ1v) is 9.40. The Morgan fingerprint density at radius 3 is 2.59 bits per heavy atom. The zero-order valence-electron chi connectivity index (χ0n) is 16.1. The highest BCUT2D eigenvalue weighted by atomic mass is 16.1. The number of Topliss-reactive ketones (excluding diaryl/α,β-unsaturated/α-hetero) is 1. The van der Waals surface area contributed by atoms with Gasteiger partial charge in [0.25, 0.3) is 0 Å². The number of rotatable bonds is 4. The van der Waals surface area contributed by atoms with Gasteiger partial charge in [-0.05, 0) is 32.4 Å². The molecule has 0 aliphatic carbocycles. The summed E-state index contributed by atoms with van der Waals surface area (Å²) in [6.07, 6.45) is 1.84. The van der Waals surface area contributed by atoms with Crippen LogP contribution in [0.5, 0.6) is 0 Å². The van der Waals surface area contributed by atoms with Crippen molar-refractivity contribution in [2.24, 2.45) is 0 Å². The molecule has 4 rings (SSSR count). The largest absolute Gasteiger partial charge is 0.360 e. The summed E-state index contributed by atoms with van der Waals surface area (Å²) in [5, 5.41) is 1.01. The Labute approximate surface area is 159 Å². The molecule has 3 aromatic rings. The number of aromatic amines is 1. The van der Waals surface area contributed by atoms with Crippen LogP contribution in [0.2, 0.25) is 0 Å². The molecule has 6 heteroatoms. The third kappa shape index (κ3) is 3.71. The molecule has 27 heavy (non-hydrogen) atoms. The molecule has 140 valence electrons. The van der Waals surface area contributed by atoms with Crippen LogP contribution < -0.4 is 4.90 Å². The fraction of sp³-hybridized carbons (Fsp3) is 0.381. The van der Waals surface area contributed by atoms with Crippen LogP contribution in [-0.2, 0) is 0 Å². The van der Waals surface area contributed by atoms with Crippen molar-refractivity contribution in [3.63, 3.8) is 0 Å². The number of H-pyrrole nitrogens is 1. The van der Waals surface area contributed by atoms with Gasteiger partial charge in [-0.15, -0.1) is 0 Å². The Morgan fingerprint density at radius 1 is 1.07 bits per heavy atom. The third-order valence-electron chi connectivity index (χ3n) is 5.15. The first-order chi connectivity index (χ1) is 13.0. The molecule has 1 aliphatic heterocycles. The molecule has 1 aromatic carbocycles. The summed E-state index contributed by atoms with van der Waals surface area (Å²) >= 11 is 0. The lowest BCUT2D eigenvalue weighted by atomic mass is 10.1. The van der Waals surface area contributed by atoms with Crippen LogP contribution in [0.4, 0.5) is 5.82 Å². The Morgan fingerprint density at radius 2 is 1.85 bits per heavy atom. The maximum absolute atomic E-state index is 12.8. The smallest absolute Gasteiger partial charge is 0.178 e. The summed E-state index contributed by atoms with van der Waals surface area (Å²) in [4.78, 5) is 29.4. The van der Waals surface area contributed by atoms with E-state index in [1.165, 1.54) is 5.56 Å². The van der Waals surface area contributed by atoms with Gasteiger partial charge in [0.15, 0.2) is 5.78 Å². The van der Waals surface area contributed by atoms with Gasteiger partial charge in [0.2, 0.25) is 0 Å². The Bertz CT molecular complexity index is 965. The summed E-state index contributed by atoms with van der Waals surface area (Å²) in [6.45, 7) is 9.89. The van der Waals surface area contributed by atoms with Crippen molar-refractivity contribution in [2.75, 3.05) is 37.6 Å². The fourth-order valence-electron chi connectivity index (χ4n) is 3.75. The second-order valence-corrected chi connectivity index (χ2v) is 7.35. The van der Waals surface area contributed by atoms with E-state index in [1.807, 2.05) is 32.2 Å². The fourth-order valence-corrected chi connectivity index (χ4v) is 3.75. The van der Waals surface area contributed by atoms with Crippen molar-refractivity contribution in [1.29, 1.82) is 0 Å². The highest BCUT2D eigenvalue weighted by Crippen LogP contribution is 2.21. The average Bonchev–Trinajstić information content (AvgIpc) is 3.04. The number of carbonyl (C=O) groups excluding carboxylic acids is 1. The van der Waals surface area contributed by atoms with Gasteiger partial charge in [-0.2, -0.15) is 0 Å². The number of nitrogens with zero attached hydrogens (tertiary/aromatic N) is 4. The number of fused-ring (bicyclic) bond motifs is 1. The van der Waals surface area contributed by atoms with E-state index in [1.54, 1.807) is 0 Å². The van der Waals surface area contributed by atoms with E-state index in [2.05, 4.69) is 43.8 Å². The second-order valence-electron chi connectivity index (χ2n) is 7.35. The number of ketones is 1. The summed E-state index contributed by atoms with van der Waals surface area (Å²) in [5.41, 5.74) is 3.99. The number of benzene rings is 1. The predicted molar refractivity (Wildman–Crippen MR) is 108 cm³/mol. The normalized spacial score (nSPS) is 15.4. The summed E-state index contributed by atoms with van der Waals surface area (Å²) in [6, 6.07) is 8.20. The zero-order chi connectivity index (χ0) is 19.0. The molecule has 0 radical (unpaired) electrons. The molecule has 1 fully saturated rings. The lowest BCUT2D eigenvalue weighted by Crippen LogP contribution is -2.48. The van der Waals surface area contributed by atoms with Crippen molar-refractivity contribution in [1.82, 2.24) is 19.9 Å². The van der Waals surface area contributed by atoms with Crippen LogP contribution in [0, 0.1) is 20.8 Å². The summed E-state index contributed by atoms with van der Waals surface area (Å²) < 4.78 is 0. The van der Waals surface area contributed by atoms with Crippen LogP contribution in [0.3, 0.4) is 0 Å². The van der Waals surface area contributed by atoms with Gasteiger partial charge in [0, 0.05) is 60.6 Å². The van der Waals surface area contributed by atoms with Gasteiger partial charge < -0.3 is 9.88 Å². The van der Waals surface area contributed by atoms with Crippen molar-refractivity contribution in [3.8, 4) is 0 Å². The molecule has 0 atom stereocenters. The minimum Gasteiger partial charge on any atom is -0.360 e. The standard InChI is InChI=1S/C21H25N5O/c1-14-4-5-17-18(12-22-19(17)10-14)20(27)13-25-6-8-26(9-7-25)21-11-15(2)23-16(3)24-21/h4-5,10-12,22H,6-9,13H2,1-3H3. The molecule has 1 aliphatic rings. The molecule has 0 spiro atoms. The van der Waals surface area contributed by atoms with Gasteiger partial charge in [0.1, 0.15) is 11.6 Å². The number of anilines is 1. The van der Waals surface area contributed by atoms with E-state index in [9.17, 15) is 4.79 Å². The minimum atomic E-state index is 0.173. The molecule has 2 aromatic heterocycles. The molecule has 0 saturated carbocycles. The first kappa shape index (κ1) is 17.7. The molecule has 1 saturated heterocycles. The van der Waals surface area contributed by atoms with Crippen LogP contribution in [0.1, 0.15) is 27.4 Å². The van der Waals surface area contributed by atoms with Crippen LogP contribution in [-0.4, -0.2) is 58.4 Å². The Kier molecular flexibility index (Phi) is 4.66. The van der Waals surface area contributed by atoms with Crippen LogP contribution in [0.25, 0.3) is 10.9 Å². The Balaban J connectivity index is 1.40. The molecule has 3 heterocycles. The van der Waals surface area contributed by atoms with Gasteiger partial charge in [0.05, 0.1) is 6.54 Å². The number of aromatic nitrogens is 3. The number of carbonyl (C=O) groups is 1. The van der Waals surface area contributed by atoms with Crippen LogP contribution >= 0.6 is 0 Å². The zero-order valence-corrected chi connectivity index (χ0v) is 16.1. The highest BCUT2D eigenvalue weighted by Gasteiger charge is 2.22. The van der Waals surface area contributed by atoms with E-state index < -0.39 is 0 Å². The van der Waals surface area contributed by atoms with Crippen molar-refractivity contribution >= 4 is 22.5 Å². The molecule has 1 N–H and O–H groups in total. The quantitative estimate of drug-likeness (QED) is 0.722. The maximum Gasteiger partial charge on any atom is 0.178 e. The SMILES string of the molecule is Cc1ccc2c(C(=O)CN3CCN(c4cc(C)nc(C)n4)CC3)c[nH]c2c1. The average molecular weight is 363 g/mol. The lowest BCUT2D eigenvalue weighted by Gasteiger charge is -2.35. The third-order valence-corrected chi connectivity index (χ3v) is 5.15. The number of hydrogen-bond acceptors (Lipinski definition) is 5. The summed E-state index contributed by atoms with van der Waals surface area (Å²) in [7, 11) is 0. The van der Waals surface area contributed by atoms with Gasteiger partial charge >= 0.3 is 0 Å². The maximum atomic E-state index is 12.8. The van der Waals surface area contributed by atoms with E-state index in [-0.39, 0.29) is 5.78 Å². The number of nitrogens with one attached hydrogen (secondary N) is 1. The summed E-state index contributed by atoms with van der Waals surface area (Å²) in [5.74, 6) is 1.96. The monoisotopic (exact) mass is 363 g/mol. The first-order valence-electron chi connectivity index (χ1n) is 9.40. The molecule has 0 bridgehead atoms. The number of aryl methyl sites for hydroxylation is 3. The molecule has 6 nitrogen and oxygen atoms in total. The van der Waals surface area contributed by atoms with Crippen molar-refractivity contribution in [2.45, 2.75) is 20.8 Å². The molecular formula is C21H25N5O. The minimum absolute atomic E-state index is 0.173. The van der Waals surface area contributed by atoms with Gasteiger partial charge in [-0.1, -0.05) is 12.1 Å². The number of hydrogen-bond donors (Lipinski definition) is 1. The van der Waals surface area contributed by atoms with E-state index >= 15 is 0 Å². The van der Waals surface area contributed by atoms with Crippen LogP contribution in [0.15, 0.2) is 30.5 Å². The topological polar surface area (TPSA) is 65.1 Å². The van der Waals surface area contributed by atoms with Gasteiger partial charge in [-0.25, -0.2) is 9.97 Å². The van der Waals surface area contributed by atoms with Crippen molar-refractivity contribution in [3.05, 3.63) is 53.1 Å². The second kappa shape index (κ2) is 7.12. The lowest BCUT2D eigenvalue weighted by molar-refractivity contribution is 0.0928. The number of piperazine rings is 1. The van der Waals surface area contributed by atoms with E-state index in [0.717, 1.165) is 60.0 Å². The van der Waals surface area contributed by atoms with E-state index in [0.29, 0.717) is 6.54 Å². The Hall–Kier alpha value is -2.73. The predicted octanol–water partition coefficient (Wildman–Crippen LogP) is 2.89. The van der Waals surface area contributed by atoms with E-state index in [4.69, 9.17) is 0 Å². The highest BCUT2D eigenvalue weighted by molar-refractivity contribution is 6.08. The molecular weight excluding hydrogens is 338 g/mol. The molecule has 0 amide bonds. The van der Waals surface area contributed by atoms with Crippen molar-refractivity contribution < 1.29 is 4.79 Å². The van der Waals surface area contributed by atoms with Gasteiger partial charge in [-0.3, -0.25) is 9.69 Å².